The summed E-state index contributed by atoms with van der Waals surface area (Å²) in [5.74, 6) is 0.299. The number of hydrogen-bond acceptors (Lipinski definition) is 5. The number of methoxy groups -OCH3 is 1. The highest BCUT2D eigenvalue weighted by atomic mass is 35.5. The number of anilines is 2. The molecule has 1 aliphatic rings. The molecule has 1 amide bonds. The van der Waals surface area contributed by atoms with Crippen LogP contribution in [0.15, 0.2) is 0 Å². The minimum absolute atomic E-state index is 0.147. The second kappa shape index (κ2) is 4.23. The van der Waals surface area contributed by atoms with Crippen molar-refractivity contribution in [3.05, 3.63) is 11.0 Å². The lowest BCUT2D eigenvalue weighted by molar-refractivity contribution is -0.124. The third-order valence-corrected chi connectivity index (χ3v) is 2.51. The topological polar surface area (TPSA) is 76.1 Å². The van der Waals surface area contributed by atoms with E-state index in [1.807, 2.05) is 0 Å². The maximum atomic E-state index is 11.7. The van der Waals surface area contributed by atoms with Gasteiger partial charge in [-0.3, -0.25) is 4.79 Å². The number of rotatable bonds is 1. The predicted octanol–water partition coefficient (Wildman–Crippen LogP) is 0.817. The van der Waals surface area contributed by atoms with Gasteiger partial charge in [0.15, 0.2) is 11.9 Å². The number of fused-ring (bicyclic) bond motifs is 1. The molecule has 16 heavy (non-hydrogen) atoms. The molecule has 2 N–H and O–H groups in total. The maximum absolute atomic E-state index is 11.7. The van der Waals surface area contributed by atoms with Crippen LogP contribution in [0.1, 0.15) is 5.69 Å². The number of halogens is 1. The monoisotopic (exact) mass is 242 g/mol. The van der Waals surface area contributed by atoms with Crippen LogP contribution >= 0.6 is 11.6 Å². The zero-order chi connectivity index (χ0) is 11.7. The molecule has 2 heterocycles. The van der Waals surface area contributed by atoms with Gasteiger partial charge < -0.3 is 15.4 Å². The molecule has 1 atom stereocenters. The maximum Gasteiger partial charge on any atom is 0.255 e. The van der Waals surface area contributed by atoms with Gasteiger partial charge in [0.25, 0.3) is 5.91 Å². The summed E-state index contributed by atoms with van der Waals surface area (Å²) < 4.78 is 5.03. The number of nitrogens with zero attached hydrogens (tertiary/aromatic N) is 2. The van der Waals surface area contributed by atoms with Crippen molar-refractivity contribution in [3.63, 3.8) is 0 Å². The third kappa shape index (κ3) is 1.94. The Bertz CT molecular complexity index is 438. The Hall–Kier alpha value is -1.40. The molecule has 1 aliphatic heterocycles. The van der Waals surface area contributed by atoms with E-state index >= 15 is 0 Å². The van der Waals surface area contributed by atoms with Gasteiger partial charge >= 0.3 is 0 Å². The van der Waals surface area contributed by atoms with Crippen molar-refractivity contribution in [2.75, 3.05) is 24.3 Å². The van der Waals surface area contributed by atoms with Crippen LogP contribution in [0.25, 0.3) is 0 Å². The first-order chi connectivity index (χ1) is 7.61. The molecule has 1 aromatic heterocycles. The molecule has 86 valence electrons. The van der Waals surface area contributed by atoms with Crippen LogP contribution in [-0.2, 0) is 9.53 Å². The molecule has 0 bridgehead atoms. The normalized spacial score (nSPS) is 19.4. The molecule has 0 radical (unpaired) electrons. The Morgan fingerprint density at radius 1 is 1.50 bits per heavy atom. The fourth-order valence-electron chi connectivity index (χ4n) is 1.49. The van der Waals surface area contributed by atoms with Crippen LogP contribution in [-0.4, -0.2) is 35.6 Å². The first kappa shape index (κ1) is 11.1. The summed E-state index contributed by atoms with van der Waals surface area (Å²) in [5.41, 5.74) is 1.17. The van der Waals surface area contributed by atoms with E-state index in [1.54, 1.807) is 6.92 Å². The van der Waals surface area contributed by atoms with Crippen LogP contribution in [0, 0.1) is 6.92 Å². The fraction of sp³-hybridized carbons (Fsp3) is 0.444. The smallest absolute Gasteiger partial charge is 0.255 e. The van der Waals surface area contributed by atoms with E-state index in [9.17, 15) is 4.79 Å². The molecular formula is C9H11ClN4O2. The molecule has 0 aromatic carbocycles. The number of ether oxygens (including phenoxy) is 1. The van der Waals surface area contributed by atoms with E-state index in [1.165, 1.54) is 7.11 Å². The lowest BCUT2D eigenvalue weighted by Crippen LogP contribution is -2.32. The Morgan fingerprint density at radius 3 is 2.94 bits per heavy atom. The summed E-state index contributed by atoms with van der Waals surface area (Å²) in [5, 5.41) is 5.85. The number of carbonyl (C=O) groups excluding carboxylic acids is 1. The van der Waals surface area contributed by atoms with Gasteiger partial charge in [0, 0.05) is 7.11 Å². The van der Waals surface area contributed by atoms with Crippen LogP contribution in [0.5, 0.6) is 0 Å². The molecule has 0 saturated carbocycles. The molecule has 2 rings (SSSR count). The zero-order valence-electron chi connectivity index (χ0n) is 8.87. The standard InChI is InChI=1S/C9H11ClN4O2/c1-4-6-7(14-9(10)12-4)11-3-5(16-2)8(15)13-6/h5H,3H2,1-2H3,(H,13,15)(H,11,12,14). The molecule has 0 saturated heterocycles. The summed E-state index contributed by atoms with van der Waals surface area (Å²) in [6, 6.07) is 0. The fourth-order valence-corrected chi connectivity index (χ4v) is 1.70. The van der Waals surface area contributed by atoms with E-state index in [0.717, 1.165) is 0 Å². The predicted molar refractivity (Wildman–Crippen MR) is 59.7 cm³/mol. The number of aromatic nitrogens is 2. The molecule has 1 aromatic rings. The molecule has 0 spiro atoms. The van der Waals surface area contributed by atoms with Gasteiger partial charge in [-0.05, 0) is 18.5 Å². The van der Waals surface area contributed by atoms with Crippen LogP contribution in [0.3, 0.4) is 0 Å². The Morgan fingerprint density at radius 2 is 2.25 bits per heavy atom. The van der Waals surface area contributed by atoms with Crippen molar-refractivity contribution in [1.29, 1.82) is 0 Å². The zero-order valence-corrected chi connectivity index (χ0v) is 9.63. The van der Waals surface area contributed by atoms with Gasteiger partial charge in [-0.25, -0.2) is 4.98 Å². The average Bonchev–Trinajstić information content (AvgIpc) is 2.38. The van der Waals surface area contributed by atoms with E-state index in [4.69, 9.17) is 16.3 Å². The number of aryl methyl sites for hydroxylation is 1. The average molecular weight is 243 g/mol. The quantitative estimate of drug-likeness (QED) is 0.713. The van der Waals surface area contributed by atoms with E-state index in [-0.39, 0.29) is 11.2 Å². The van der Waals surface area contributed by atoms with Crippen LogP contribution in [0.2, 0.25) is 5.28 Å². The van der Waals surface area contributed by atoms with Crippen molar-refractivity contribution in [3.8, 4) is 0 Å². The van der Waals surface area contributed by atoms with E-state index in [2.05, 4.69) is 20.6 Å². The molecule has 0 fully saturated rings. The Balaban J connectivity index is 2.40. The number of carbonyl (C=O) groups is 1. The second-order valence-corrected chi connectivity index (χ2v) is 3.73. The van der Waals surface area contributed by atoms with Gasteiger partial charge in [0.05, 0.1) is 12.2 Å². The van der Waals surface area contributed by atoms with Crippen molar-refractivity contribution < 1.29 is 9.53 Å². The Kier molecular flexibility index (Phi) is 2.93. The van der Waals surface area contributed by atoms with Gasteiger partial charge in [-0.15, -0.1) is 0 Å². The Labute approximate surface area is 97.4 Å². The van der Waals surface area contributed by atoms with Gasteiger partial charge in [-0.1, -0.05) is 0 Å². The van der Waals surface area contributed by atoms with E-state index < -0.39 is 6.10 Å². The van der Waals surface area contributed by atoms with Gasteiger partial charge in [0.2, 0.25) is 5.28 Å². The van der Waals surface area contributed by atoms with Crippen molar-refractivity contribution in [2.24, 2.45) is 0 Å². The molecular weight excluding hydrogens is 232 g/mol. The first-order valence-electron chi connectivity index (χ1n) is 4.73. The lowest BCUT2D eigenvalue weighted by Gasteiger charge is -2.10. The summed E-state index contributed by atoms with van der Waals surface area (Å²) in [6.45, 7) is 2.10. The van der Waals surface area contributed by atoms with E-state index in [0.29, 0.717) is 23.7 Å². The lowest BCUT2D eigenvalue weighted by atomic mass is 10.3. The van der Waals surface area contributed by atoms with Crippen molar-refractivity contribution >= 4 is 29.0 Å². The largest absolute Gasteiger partial charge is 0.370 e. The summed E-state index contributed by atoms with van der Waals surface area (Å²) >= 11 is 5.74. The van der Waals surface area contributed by atoms with Crippen LogP contribution in [0.4, 0.5) is 11.5 Å². The minimum atomic E-state index is -0.549. The second-order valence-electron chi connectivity index (χ2n) is 3.40. The summed E-state index contributed by atoms with van der Waals surface area (Å²) in [7, 11) is 1.48. The van der Waals surface area contributed by atoms with Crippen molar-refractivity contribution in [2.45, 2.75) is 13.0 Å². The number of amides is 1. The highest BCUT2D eigenvalue weighted by molar-refractivity contribution is 6.28. The highest BCUT2D eigenvalue weighted by Crippen LogP contribution is 2.26. The molecule has 6 nitrogen and oxygen atoms in total. The highest BCUT2D eigenvalue weighted by Gasteiger charge is 2.25. The summed E-state index contributed by atoms with van der Waals surface area (Å²) in [6.07, 6.45) is -0.549. The van der Waals surface area contributed by atoms with Gasteiger partial charge in [0.1, 0.15) is 5.69 Å². The number of nitrogens with one attached hydrogen (secondary N) is 2. The number of hydrogen-bond donors (Lipinski definition) is 2. The van der Waals surface area contributed by atoms with Gasteiger partial charge in [-0.2, -0.15) is 4.98 Å². The molecule has 7 heteroatoms. The SMILES string of the molecule is COC1CNc2nc(Cl)nc(C)c2NC1=O. The molecule has 0 aliphatic carbocycles. The van der Waals surface area contributed by atoms with Crippen molar-refractivity contribution in [1.82, 2.24) is 9.97 Å². The summed E-state index contributed by atoms with van der Waals surface area (Å²) in [4.78, 5) is 19.7. The van der Waals surface area contributed by atoms with Crippen LogP contribution < -0.4 is 10.6 Å². The molecule has 1 unspecified atom stereocenters. The third-order valence-electron chi connectivity index (χ3n) is 2.34. The first-order valence-corrected chi connectivity index (χ1v) is 5.11. The minimum Gasteiger partial charge on any atom is -0.370 e.